The molecule has 1 aliphatic heterocycles. The van der Waals surface area contributed by atoms with Gasteiger partial charge in [-0.2, -0.15) is 0 Å². The molecular formula is C12H18N2O2. The van der Waals surface area contributed by atoms with Crippen molar-refractivity contribution >= 4 is 0 Å². The van der Waals surface area contributed by atoms with Crippen molar-refractivity contribution in [2.24, 2.45) is 0 Å². The molecule has 0 radical (unpaired) electrons. The van der Waals surface area contributed by atoms with Gasteiger partial charge in [-0.1, -0.05) is 6.07 Å². The second-order valence-electron chi connectivity index (χ2n) is 3.94. The van der Waals surface area contributed by atoms with Crippen LogP contribution in [0, 0.1) is 0 Å². The summed E-state index contributed by atoms with van der Waals surface area (Å²) in [4.78, 5) is 4.17. The van der Waals surface area contributed by atoms with Crippen LogP contribution >= 0.6 is 0 Å². The molecular weight excluding hydrogens is 204 g/mol. The highest BCUT2D eigenvalue weighted by atomic mass is 16.5. The first-order chi connectivity index (χ1) is 7.90. The average Bonchev–Trinajstić information content (AvgIpc) is 2.38. The fourth-order valence-corrected chi connectivity index (χ4v) is 1.90. The van der Waals surface area contributed by atoms with Crippen molar-refractivity contribution < 1.29 is 9.47 Å². The van der Waals surface area contributed by atoms with Crippen LogP contribution in [-0.2, 0) is 11.3 Å². The SMILES string of the molecule is COc1ncccc1CNC1CCOCC1. The first kappa shape index (κ1) is 11.4. The molecule has 0 atom stereocenters. The molecule has 1 saturated heterocycles. The van der Waals surface area contributed by atoms with E-state index in [2.05, 4.69) is 10.3 Å². The van der Waals surface area contributed by atoms with Crippen LogP contribution in [0.3, 0.4) is 0 Å². The molecule has 0 unspecified atom stereocenters. The lowest BCUT2D eigenvalue weighted by Crippen LogP contribution is -2.34. The Kier molecular flexibility index (Phi) is 4.13. The van der Waals surface area contributed by atoms with Crippen molar-refractivity contribution in [3.05, 3.63) is 23.9 Å². The van der Waals surface area contributed by atoms with Crippen molar-refractivity contribution in [3.63, 3.8) is 0 Å². The normalized spacial score (nSPS) is 17.3. The fraction of sp³-hybridized carbons (Fsp3) is 0.583. The maximum atomic E-state index is 5.32. The summed E-state index contributed by atoms with van der Waals surface area (Å²) in [6.45, 7) is 2.53. The second kappa shape index (κ2) is 5.82. The zero-order valence-corrected chi connectivity index (χ0v) is 9.61. The first-order valence-electron chi connectivity index (χ1n) is 5.69. The van der Waals surface area contributed by atoms with Crippen LogP contribution in [0.2, 0.25) is 0 Å². The number of methoxy groups -OCH3 is 1. The van der Waals surface area contributed by atoms with Gasteiger partial charge in [0.25, 0.3) is 0 Å². The first-order valence-corrected chi connectivity index (χ1v) is 5.69. The second-order valence-corrected chi connectivity index (χ2v) is 3.94. The van der Waals surface area contributed by atoms with Gasteiger partial charge in [-0.15, -0.1) is 0 Å². The number of ether oxygens (including phenoxy) is 2. The summed E-state index contributed by atoms with van der Waals surface area (Å²) < 4.78 is 10.5. The highest BCUT2D eigenvalue weighted by molar-refractivity contribution is 5.25. The van der Waals surface area contributed by atoms with Gasteiger partial charge in [-0.05, 0) is 18.9 Å². The predicted molar refractivity (Wildman–Crippen MR) is 61.5 cm³/mol. The summed E-state index contributed by atoms with van der Waals surface area (Å²) in [5.41, 5.74) is 1.11. The molecule has 1 N–H and O–H groups in total. The fourth-order valence-electron chi connectivity index (χ4n) is 1.90. The van der Waals surface area contributed by atoms with Crippen molar-refractivity contribution in [3.8, 4) is 5.88 Å². The van der Waals surface area contributed by atoms with E-state index in [9.17, 15) is 0 Å². The van der Waals surface area contributed by atoms with Gasteiger partial charge in [-0.25, -0.2) is 4.98 Å². The van der Waals surface area contributed by atoms with Crippen LogP contribution in [0.4, 0.5) is 0 Å². The van der Waals surface area contributed by atoms with Crippen LogP contribution in [-0.4, -0.2) is 31.3 Å². The van der Waals surface area contributed by atoms with Crippen LogP contribution in [0.5, 0.6) is 5.88 Å². The van der Waals surface area contributed by atoms with E-state index in [0.29, 0.717) is 11.9 Å². The number of pyridine rings is 1. The molecule has 4 heteroatoms. The van der Waals surface area contributed by atoms with Gasteiger partial charge in [0.2, 0.25) is 5.88 Å². The van der Waals surface area contributed by atoms with Gasteiger partial charge >= 0.3 is 0 Å². The summed E-state index contributed by atoms with van der Waals surface area (Å²) >= 11 is 0. The van der Waals surface area contributed by atoms with E-state index >= 15 is 0 Å². The standard InChI is InChI=1S/C12H18N2O2/c1-15-12-10(3-2-6-13-12)9-14-11-4-7-16-8-5-11/h2-3,6,11,14H,4-5,7-9H2,1H3. The maximum Gasteiger partial charge on any atom is 0.217 e. The molecule has 1 aliphatic rings. The van der Waals surface area contributed by atoms with Crippen molar-refractivity contribution in [2.75, 3.05) is 20.3 Å². The molecule has 2 rings (SSSR count). The molecule has 0 aromatic carbocycles. The molecule has 0 bridgehead atoms. The van der Waals surface area contributed by atoms with E-state index in [-0.39, 0.29) is 0 Å². The number of nitrogens with one attached hydrogen (secondary N) is 1. The molecule has 0 aliphatic carbocycles. The van der Waals surface area contributed by atoms with Gasteiger partial charge in [0, 0.05) is 37.6 Å². The number of rotatable bonds is 4. The van der Waals surface area contributed by atoms with Gasteiger partial charge in [0.15, 0.2) is 0 Å². The molecule has 4 nitrogen and oxygen atoms in total. The quantitative estimate of drug-likeness (QED) is 0.835. The molecule has 1 aromatic heterocycles. The van der Waals surface area contributed by atoms with Gasteiger partial charge in [0.1, 0.15) is 0 Å². The van der Waals surface area contributed by atoms with E-state index in [0.717, 1.165) is 38.2 Å². The Morgan fingerprint density at radius 3 is 3.06 bits per heavy atom. The van der Waals surface area contributed by atoms with Gasteiger partial charge in [0.05, 0.1) is 7.11 Å². The Balaban J connectivity index is 1.88. The van der Waals surface area contributed by atoms with Crippen molar-refractivity contribution in [1.29, 1.82) is 0 Å². The van der Waals surface area contributed by atoms with Crippen LogP contribution in [0.1, 0.15) is 18.4 Å². The summed E-state index contributed by atoms with van der Waals surface area (Å²) in [6, 6.07) is 4.53. The Morgan fingerprint density at radius 2 is 2.31 bits per heavy atom. The van der Waals surface area contributed by atoms with Crippen molar-refractivity contribution in [2.45, 2.75) is 25.4 Å². The number of hydrogen-bond donors (Lipinski definition) is 1. The Morgan fingerprint density at radius 1 is 1.50 bits per heavy atom. The predicted octanol–water partition coefficient (Wildman–Crippen LogP) is 1.36. The summed E-state index contributed by atoms with van der Waals surface area (Å²) in [5.74, 6) is 0.710. The number of nitrogens with zero attached hydrogens (tertiary/aromatic N) is 1. The minimum atomic E-state index is 0.554. The Labute approximate surface area is 96.0 Å². The monoisotopic (exact) mass is 222 g/mol. The minimum Gasteiger partial charge on any atom is -0.481 e. The van der Waals surface area contributed by atoms with Crippen molar-refractivity contribution in [1.82, 2.24) is 10.3 Å². The zero-order chi connectivity index (χ0) is 11.2. The molecule has 88 valence electrons. The lowest BCUT2D eigenvalue weighted by Gasteiger charge is -2.23. The molecule has 2 heterocycles. The topological polar surface area (TPSA) is 43.4 Å². The lowest BCUT2D eigenvalue weighted by atomic mass is 10.1. The molecule has 0 saturated carbocycles. The van der Waals surface area contributed by atoms with E-state index < -0.39 is 0 Å². The lowest BCUT2D eigenvalue weighted by molar-refractivity contribution is 0.0775. The Bertz CT molecular complexity index is 325. The summed E-state index contributed by atoms with van der Waals surface area (Å²) in [7, 11) is 1.65. The molecule has 1 fully saturated rings. The highest BCUT2D eigenvalue weighted by Crippen LogP contribution is 2.14. The van der Waals surface area contributed by atoms with Crippen LogP contribution < -0.4 is 10.1 Å². The highest BCUT2D eigenvalue weighted by Gasteiger charge is 2.13. The third-order valence-electron chi connectivity index (χ3n) is 2.85. The number of aromatic nitrogens is 1. The molecule has 0 amide bonds. The van der Waals surface area contributed by atoms with Gasteiger partial charge in [-0.3, -0.25) is 0 Å². The zero-order valence-electron chi connectivity index (χ0n) is 9.61. The van der Waals surface area contributed by atoms with E-state index in [4.69, 9.17) is 9.47 Å². The molecule has 16 heavy (non-hydrogen) atoms. The Hall–Kier alpha value is -1.13. The largest absolute Gasteiger partial charge is 0.481 e. The minimum absolute atomic E-state index is 0.554. The third kappa shape index (κ3) is 2.93. The van der Waals surface area contributed by atoms with Crippen LogP contribution in [0.15, 0.2) is 18.3 Å². The smallest absolute Gasteiger partial charge is 0.217 e. The maximum absolute atomic E-state index is 5.32. The van der Waals surface area contributed by atoms with E-state index in [1.165, 1.54) is 0 Å². The number of hydrogen-bond acceptors (Lipinski definition) is 4. The summed E-state index contributed by atoms with van der Waals surface area (Å²) in [5, 5.41) is 3.51. The van der Waals surface area contributed by atoms with E-state index in [1.54, 1.807) is 13.3 Å². The molecule has 1 aromatic rings. The van der Waals surface area contributed by atoms with E-state index in [1.807, 2.05) is 12.1 Å². The third-order valence-corrected chi connectivity index (χ3v) is 2.85. The van der Waals surface area contributed by atoms with Crippen LogP contribution in [0.25, 0.3) is 0 Å². The van der Waals surface area contributed by atoms with Gasteiger partial charge < -0.3 is 14.8 Å². The molecule has 0 spiro atoms. The average molecular weight is 222 g/mol. The summed E-state index contributed by atoms with van der Waals surface area (Å²) in [6.07, 6.45) is 3.92.